The van der Waals surface area contributed by atoms with E-state index in [9.17, 15) is 9.50 Å². The molecule has 24 heavy (non-hydrogen) atoms. The zero-order valence-electron chi connectivity index (χ0n) is 12.6. The number of nitrogens with one attached hydrogen (secondary N) is 2. The SMILES string of the molecule is N=C1C(c2nc3ccc(F)cc3[nH]2)=C(O)CN1Cc1ccncc1. The second kappa shape index (κ2) is 5.45. The summed E-state index contributed by atoms with van der Waals surface area (Å²) in [7, 11) is 0. The molecule has 4 rings (SSSR count). The van der Waals surface area contributed by atoms with Gasteiger partial charge in [0.1, 0.15) is 23.2 Å². The van der Waals surface area contributed by atoms with E-state index in [0.29, 0.717) is 29.0 Å². The van der Waals surface area contributed by atoms with Crippen LogP contribution in [0.2, 0.25) is 0 Å². The van der Waals surface area contributed by atoms with Gasteiger partial charge in [-0.15, -0.1) is 0 Å². The minimum Gasteiger partial charge on any atom is -0.510 e. The van der Waals surface area contributed by atoms with E-state index in [1.165, 1.54) is 12.1 Å². The van der Waals surface area contributed by atoms with Crippen molar-refractivity contribution in [2.45, 2.75) is 6.54 Å². The lowest BCUT2D eigenvalue weighted by molar-refractivity contribution is 0.347. The number of aromatic amines is 1. The third kappa shape index (κ3) is 2.40. The minimum atomic E-state index is -0.364. The van der Waals surface area contributed by atoms with Crippen molar-refractivity contribution in [2.75, 3.05) is 6.54 Å². The normalized spacial score (nSPS) is 14.9. The number of nitrogens with zero attached hydrogens (tertiary/aromatic N) is 3. The van der Waals surface area contributed by atoms with Gasteiger partial charge in [0.2, 0.25) is 0 Å². The Morgan fingerprint density at radius 1 is 1.25 bits per heavy atom. The van der Waals surface area contributed by atoms with E-state index in [2.05, 4.69) is 15.0 Å². The Labute approximate surface area is 136 Å². The van der Waals surface area contributed by atoms with Gasteiger partial charge >= 0.3 is 0 Å². The van der Waals surface area contributed by atoms with E-state index < -0.39 is 0 Å². The number of imidazole rings is 1. The highest BCUT2D eigenvalue weighted by molar-refractivity contribution is 6.23. The number of fused-ring (bicyclic) bond motifs is 1. The van der Waals surface area contributed by atoms with Crippen molar-refractivity contribution >= 4 is 22.4 Å². The predicted octanol–water partition coefficient (Wildman–Crippen LogP) is 2.86. The monoisotopic (exact) mass is 323 g/mol. The third-order valence-corrected chi connectivity index (χ3v) is 3.99. The number of H-pyrrole nitrogens is 1. The maximum absolute atomic E-state index is 13.3. The van der Waals surface area contributed by atoms with E-state index in [1.807, 2.05) is 12.1 Å². The minimum absolute atomic E-state index is 0.0774. The Kier molecular flexibility index (Phi) is 3.26. The van der Waals surface area contributed by atoms with Gasteiger partial charge in [0, 0.05) is 18.9 Å². The first-order chi connectivity index (χ1) is 11.6. The van der Waals surface area contributed by atoms with Crippen molar-refractivity contribution in [3.05, 3.63) is 65.7 Å². The van der Waals surface area contributed by atoms with E-state index in [4.69, 9.17) is 5.41 Å². The maximum Gasteiger partial charge on any atom is 0.145 e. The van der Waals surface area contributed by atoms with Crippen LogP contribution in [-0.2, 0) is 6.54 Å². The smallest absolute Gasteiger partial charge is 0.145 e. The standard InChI is InChI=1S/C17H14FN5O/c18-11-1-2-12-13(7-11)22-17(21-12)15-14(24)9-23(16(15)19)8-10-3-5-20-6-4-10/h1-7,19,24H,8-9H2,(H,21,22). The highest BCUT2D eigenvalue weighted by atomic mass is 19.1. The number of aliphatic hydroxyl groups is 1. The Morgan fingerprint density at radius 2 is 2.04 bits per heavy atom. The van der Waals surface area contributed by atoms with Crippen LogP contribution in [-0.4, -0.2) is 37.3 Å². The quantitative estimate of drug-likeness (QED) is 0.691. The number of hydrogen-bond donors (Lipinski definition) is 3. The van der Waals surface area contributed by atoms with Gasteiger partial charge in [0.25, 0.3) is 0 Å². The Morgan fingerprint density at radius 3 is 2.83 bits per heavy atom. The molecule has 7 heteroatoms. The van der Waals surface area contributed by atoms with Crippen molar-refractivity contribution in [3.8, 4) is 0 Å². The summed E-state index contributed by atoms with van der Waals surface area (Å²) in [4.78, 5) is 13.1. The summed E-state index contributed by atoms with van der Waals surface area (Å²) in [5, 5.41) is 18.6. The van der Waals surface area contributed by atoms with Crippen molar-refractivity contribution < 1.29 is 9.50 Å². The molecule has 1 aromatic carbocycles. The summed E-state index contributed by atoms with van der Waals surface area (Å²) < 4.78 is 13.3. The molecular formula is C17H14FN5O. The number of aliphatic hydroxyl groups excluding tert-OH is 1. The maximum atomic E-state index is 13.3. The summed E-state index contributed by atoms with van der Waals surface area (Å²) in [5.41, 5.74) is 2.47. The van der Waals surface area contributed by atoms with Gasteiger partial charge in [-0.2, -0.15) is 0 Å². The number of aromatic nitrogens is 3. The first kappa shape index (κ1) is 14.4. The molecule has 3 aromatic rings. The average Bonchev–Trinajstić information content (AvgIpc) is 3.08. The molecule has 3 heterocycles. The van der Waals surface area contributed by atoms with Crippen LogP contribution >= 0.6 is 0 Å². The van der Waals surface area contributed by atoms with E-state index >= 15 is 0 Å². The highest BCUT2D eigenvalue weighted by Gasteiger charge is 2.30. The van der Waals surface area contributed by atoms with Gasteiger partial charge in [-0.3, -0.25) is 10.4 Å². The fourth-order valence-electron chi connectivity index (χ4n) is 2.83. The van der Waals surface area contributed by atoms with Crippen molar-refractivity contribution in [2.24, 2.45) is 0 Å². The lowest BCUT2D eigenvalue weighted by Crippen LogP contribution is -2.26. The summed E-state index contributed by atoms with van der Waals surface area (Å²) in [6.45, 7) is 0.728. The molecule has 1 aliphatic rings. The van der Waals surface area contributed by atoms with Gasteiger partial charge in [-0.05, 0) is 35.9 Å². The van der Waals surface area contributed by atoms with Crippen LogP contribution in [0.1, 0.15) is 11.4 Å². The number of hydrogen-bond acceptors (Lipinski definition) is 4. The first-order valence-corrected chi connectivity index (χ1v) is 7.42. The Balaban J connectivity index is 1.64. The van der Waals surface area contributed by atoms with Crippen LogP contribution in [0.15, 0.2) is 48.5 Å². The molecule has 0 bridgehead atoms. The number of rotatable bonds is 3. The fraction of sp³-hybridized carbons (Fsp3) is 0.118. The molecule has 0 amide bonds. The van der Waals surface area contributed by atoms with Crippen LogP contribution in [0.25, 0.3) is 16.6 Å². The Bertz CT molecular complexity index is 964. The molecule has 0 saturated carbocycles. The molecule has 0 unspecified atom stereocenters. The molecule has 0 radical (unpaired) electrons. The van der Waals surface area contributed by atoms with E-state index in [1.54, 1.807) is 23.4 Å². The predicted molar refractivity (Wildman–Crippen MR) is 88.0 cm³/mol. The molecule has 1 aliphatic heterocycles. The number of benzene rings is 1. The Hall–Kier alpha value is -3.22. The molecule has 0 spiro atoms. The van der Waals surface area contributed by atoms with Gasteiger partial charge in [-0.1, -0.05) is 0 Å². The topological polar surface area (TPSA) is 88.9 Å². The zero-order valence-corrected chi connectivity index (χ0v) is 12.6. The number of pyridine rings is 1. The van der Waals surface area contributed by atoms with E-state index in [0.717, 1.165) is 5.56 Å². The average molecular weight is 323 g/mol. The summed E-state index contributed by atoms with van der Waals surface area (Å²) in [6, 6.07) is 7.97. The van der Waals surface area contributed by atoms with Crippen LogP contribution in [0.5, 0.6) is 0 Å². The molecule has 6 nitrogen and oxygen atoms in total. The van der Waals surface area contributed by atoms with E-state index in [-0.39, 0.29) is 24.0 Å². The lowest BCUT2D eigenvalue weighted by atomic mass is 10.2. The molecule has 0 saturated heterocycles. The van der Waals surface area contributed by atoms with Crippen molar-refractivity contribution in [1.82, 2.24) is 19.9 Å². The summed E-state index contributed by atoms with van der Waals surface area (Å²) >= 11 is 0. The lowest BCUT2D eigenvalue weighted by Gasteiger charge is -2.18. The number of halogens is 1. The van der Waals surface area contributed by atoms with Crippen molar-refractivity contribution in [1.29, 1.82) is 5.41 Å². The first-order valence-electron chi connectivity index (χ1n) is 7.42. The summed E-state index contributed by atoms with van der Waals surface area (Å²) in [6.07, 6.45) is 3.38. The van der Waals surface area contributed by atoms with Crippen LogP contribution in [0, 0.1) is 11.2 Å². The summed E-state index contributed by atoms with van der Waals surface area (Å²) in [5.74, 6) is 0.268. The number of amidine groups is 1. The highest BCUT2D eigenvalue weighted by Crippen LogP contribution is 2.28. The van der Waals surface area contributed by atoms with Crippen molar-refractivity contribution in [3.63, 3.8) is 0 Å². The molecular weight excluding hydrogens is 309 g/mol. The molecule has 2 aromatic heterocycles. The largest absolute Gasteiger partial charge is 0.510 e. The second-order valence-electron chi connectivity index (χ2n) is 5.63. The second-order valence-corrected chi connectivity index (χ2v) is 5.63. The zero-order chi connectivity index (χ0) is 16.7. The fourth-order valence-corrected chi connectivity index (χ4v) is 2.83. The molecule has 0 fully saturated rings. The van der Waals surface area contributed by atoms with Crippen LogP contribution in [0.3, 0.4) is 0 Å². The molecule has 3 N–H and O–H groups in total. The van der Waals surface area contributed by atoms with Gasteiger partial charge in [0.05, 0.1) is 23.2 Å². The molecule has 120 valence electrons. The molecule has 0 aliphatic carbocycles. The van der Waals surface area contributed by atoms with Gasteiger partial charge < -0.3 is 15.0 Å². The molecule has 0 atom stereocenters. The van der Waals surface area contributed by atoms with Crippen LogP contribution in [0.4, 0.5) is 4.39 Å². The van der Waals surface area contributed by atoms with Crippen LogP contribution < -0.4 is 0 Å². The van der Waals surface area contributed by atoms with Gasteiger partial charge in [0.15, 0.2) is 0 Å². The third-order valence-electron chi connectivity index (χ3n) is 3.99. The van der Waals surface area contributed by atoms with Gasteiger partial charge in [-0.25, -0.2) is 9.37 Å².